The van der Waals surface area contributed by atoms with Gasteiger partial charge in [-0.25, -0.2) is 0 Å². The number of nitro benzene ring substituents is 1. The van der Waals surface area contributed by atoms with Gasteiger partial charge in [-0.05, 0) is 48.2 Å². The number of hydrogen-bond donors (Lipinski definition) is 1. The summed E-state index contributed by atoms with van der Waals surface area (Å²) < 4.78 is 1.10. The van der Waals surface area contributed by atoms with E-state index in [1.54, 1.807) is 12.1 Å². The molecule has 2 aromatic rings. The van der Waals surface area contributed by atoms with E-state index in [-0.39, 0.29) is 16.7 Å². The minimum Gasteiger partial charge on any atom is -0.378 e. The van der Waals surface area contributed by atoms with Crippen molar-refractivity contribution in [3.63, 3.8) is 0 Å². The van der Waals surface area contributed by atoms with Gasteiger partial charge in [0.25, 0.3) is 5.69 Å². The first-order valence-corrected chi connectivity index (χ1v) is 7.22. The number of hydrogen-bond acceptors (Lipinski definition) is 3. The van der Waals surface area contributed by atoms with Crippen LogP contribution in [0.25, 0.3) is 0 Å². The van der Waals surface area contributed by atoms with Crippen LogP contribution < -0.4 is 5.32 Å². The van der Waals surface area contributed by atoms with Gasteiger partial charge in [0.05, 0.1) is 11.0 Å². The maximum atomic E-state index is 10.6. The highest BCUT2D eigenvalue weighted by Gasteiger charge is 2.22. The van der Waals surface area contributed by atoms with E-state index in [0.717, 1.165) is 23.0 Å². The van der Waals surface area contributed by atoms with Gasteiger partial charge in [0, 0.05) is 22.3 Å². The largest absolute Gasteiger partial charge is 0.378 e. The number of benzene rings is 2. The predicted molar refractivity (Wildman–Crippen MR) is 81.9 cm³/mol. The van der Waals surface area contributed by atoms with Gasteiger partial charge in [-0.3, -0.25) is 10.1 Å². The van der Waals surface area contributed by atoms with Crippen molar-refractivity contribution >= 4 is 27.3 Å². The van der Waals surface area contributed by atoms with Crippen molar-refractivity contribution in [2.24, 2.45) is 0 Å². The zero-order chi connectivity index (χ0) is 14.1. The molecule has 0 spiro atoms. The lowest BCUT2D eigenvalue weighted by Gasteiger charge is -2.15. The van der Waals surface area contributed by atoms with Gasteiger partial charge in [0.15, 0.2) is 0 Å². The average Bonchev–Trinajstić information content (AvgIpc) is 2.81. The first-order chi connectivity index (χ1) is 9.63. The second-order valence-electron chi connectivity index (χ2n) is 4.88. The Balaban J connectivity index is 1.78. The molecule has 5 heteroatoms. The average molecular weight is 333 g/mol. The van der Waals surface area contributed by atoms with Crippen LogP contribution in [0, 0.1) is 10.1 Å². The Morgan fingerprint density at radius 2 is 1.95 bits per heavy atom. The third kappa shape index (κ3) is 2.54. The molecule has 102 valence electrons. The third-order valence-electron chi connectivity index (χ3n) is 3.60. The lowest BCUT2D eigenvalue weighted by Crippen LogP contribution is -2.06. The van der Waals surface area contributed by atoms with Crippen LogP contribution in [0.2, 0.25) is 0 Å². The van der Waals surface area contributed by atoms with Gasteiger partial charge in [-0.2, -0.15) is 0 Å². The van der Waals surface area contributed by atoms with Gasteiger partial charge in [-0.1, -0.05) is 22.0 Å². The highest BCUT2D eigenvalue weighted by atomic mass is 79.9. The van der Waals surface area contributed by atoms with Crippen molar-refractivity contribution < 1.29 is 4.92 Å². The van der Waals surface area contributed by atoms with E-state index >= 15 is 0 Å². The summed E-state index contributed by atoms with van der Waals surface area (Å²) in [6, 6.07) is 13.2. The quantitative estimate of drug-likeness (QED) is 0.667. The summed E-state index contributed by atoms with van der Waals surface area (Å²) in [5, 5.41) is 14.1. The van der Waals surface area contributed by atoms with Crippen molar-refractivity contribution in [3.05, 3.63) is 68.2 Å². The SMILES string of the molecule is O=[N+]([O-])c1ccc(NC2CCc3cc(Br)ccc32)cc1. The summed E-state index contributed by atoms with van der Waals surface area (Å²) >= 11 is 3.49. The zero-order valence-corrected chi connectivity index (χ0v) is 12.3. The number of halogens is 1. The summed E-state index contributed by atoms with van der Waals surface area (Å²) in [6.07, 6.45) is 2.10. The highest BCUT2D eigenvalue weighted by Crippen LogP contribution is 2.35. The van der Waals surface area contributed by atoms with E-state index < -0.39 is 0 Å². The number of non-ortho nitro benzene ring substituents is 1. The number of nitrogens with zero attached hydrogens (tertiary/aromatic N) is 1. The second kappa shape index (κ2) is 5.25. The van der Waals surface area contributed by atoms with Gasteiger partial charge < -0.3 is 5.32 Å². The number of fused-ring (bicyclic) bond motifs is 1. The molecule has 0 fully saturated rings. The van der Waals surface area contributed by atoms with Crippen molar-refractivity contribution in [1.29, 1.82) is 0 Å². The fourth-order valence-corrected chi connectivity index (χ4v) is 3.03. The molecular formula is C15H13BrN2O2. The Bertz CT molecular complexity index is 655. The standard InChI is InChI=1S/C15H13BrN2O2/c16-11-2-7-14-10(9-11)1-8-15(14)17-12-3-5-13(6-4-12)18(19)20/h2-7,9,15,17H,1,8H2. The fourth-order valence-electron chi connectivity index (χ4n) is 2.62. The Labute approximate surface area is 125 Å². The van der Waals surface area contributed by atoms with Gasteiger partial charge in [-0.15, -0.1) is 0 Å². The van der Waals surface area contributed by atoms with Crippen LogP contribution in [-0.2, 0) is 6.42 Å². The molecule has 0 saturated heterocycles. The van der Waals surface area contributed by atoms with Crippen LogP contribution in [0.1, 0.15) is 23.6 Å². The van der Waals surface area contributed by atoms with Gasteiger partial charge >= 0.3 is 0 Å². The van der Waals surface area contributed by atoms with Crippen LogP contribution in [0.4, 0.5) is 11.4 Å². The first kappa shape index (κ1) is 13.1. The topological polar surface area (TPSA) is 55.2 Å². The molecule has 0 bridgehead atoms. The van der Waals surface area contributed by atoms with Gasteiger partial charge in [0.1, 0.15) is 0 Å². The molecule has 1 N–H and O–H groups in total. The lowest BCUT2D eigenvalue weighted by atomic mass is 10.1. The second-order valence-corrected chi connectivity index (χ2v) is 5.80. The molecule has 0 radical (unpaired) electrons. The van der Waals surface area contributed by atoms with Crippen LogP contribution >= 0.6 is 15.9 Å². The molecule has 20 heavy (non-hydrogen) atoms. The van der Waals surface area contributed by atoms with Crippen LogP contribution in [0.5, 0.6) is 0 Å². The summed E-state index contributed by atoms with van der Waals surface area (Å²) in [5.74, 6) is 0. The molecule has 0 saturated carbocycles. The molecule has 0 aliphatic heterocycles. The van der Waals surface area contributed by atoms with Crippen LogP contribution in [0.15, 0.2) is 46.9 Å². The van der Waals surface area contributed by atoms with E-state index in [9.17, 15) is 10.1 Å². The minimum atomic E-state index is -0.383. The number of nitrogens with one attached hydrogen (secondary N) is 1. The van der Waals surface area contributed by atoms with E-state index in [2.05, 4.69) is 39.4 Å². The first-order valence-electron chi connectivity index (χ1n) is 6.43. The summed E-state index contributed by atoms with van der Waals surface area (Å²) in [4.78, 5) is 10.3. The molecule has 0 amide bonds. The maximum Gasteiger partial charge on any atom is 0.269 e. The third-order valence-corrected chi connectivity index (χ3v) is 4.10. The molecule has 3 rings (SSSR count). The fraction of sp³-hybridized carbons (Fsp3) is 0.200. The molecule has 1 unspecified atom stereocenters. The Morgan fingerprint density at radius 3 is 2.65 bits per heavy atom. The summed E-state index contributed by atoms with van der Waals surface area (Å²) in [6.45, 7) is 0. The van der Waals surface area contributed by atoms with Crippen LogP contribution in [-0.4, -0.2) is 4.92 Å². The minimum absolute atomic E-state index is 0.117. The van der Waals surface area contributed by atoms with E-state index in [4.69, 9.17) is 0 Å². The molecule has 0 heterocycles. The van der Waals surface area contributed by atoms with Crippen molar-refractivity contribution in [2.75, 3.05) is 5.32 Å². The number of aryl methyl sites for hydroxylation is 1. The number of nitro groups is 1. The van der Waals surface area contributed by atoms with E-state index in [1.165, 1.54) is 23.3 Å². The van der Waals surface area contributed by atoms with Crippen molar-refractivity contribution in [3.8, 4) is 0 Å². The Kier molecular flexibility index (Phi) is 3.44. The molecule has 1 aliphatic carbocycles. The molecule has 0 aromatic heterocycles. The predicted octanol–water partition coefficient (Wildman–Crippen LogP) is 4.46. The monoisotopic (exact) mass is 332 g/mol. The van der Waals surface area contributed by atoms with Crippen LogP contribution in [0.3, 0.4) is 0 Å². The number of rotatable bonds is 3. The van der Waals surface area contributed by atoms with Crippen molar-refractivity contribution in [1.82, 2.24) is 0 Å². The van der Waals surface area contributed by atoms with E-state index in [0.29, 0.717) is 0 Å². The summed E-state index contributed by atoms with van der Waals surface area (Å²) in [7, 11) is 0. The molecule has 1 aliphatic rings. The smallest absolute Gasteiger partial charge is 0.269 e. The zero-order valence-electron chi connectivity index (χ0n) is 10.7. The number of anilines is 1. The molecule has 2 aromatic carbocycles. The normalized spacial score (nSPS) is 16.8. The highest BCUT2D eigenvalue weighted by molar-refractivity contribution is 9.10. The molecule has 4 nitrogen and oxygen atoms in total. The van der Waals surface area contributed by atoms with E-state index in [1.807, 2.05) is 0 Å². The lowest BCUT2D eigenvalue weighted by molar-refractivity contribution is -0.384. The Morgan fingerprint density at radius 1 is 1.20 bits per heavy atom. The molecular weight excluding hydrogens is 320 g/mol. The van der Waals surface area contributed by atoms with Crippen molar-refractivity contribution in [2.45, 2.75) is 18.9 Å². The summed E-state index contributed by atoms with van der Waals surface area (Å²) in [5.41, 5.74) is 3.70. The Hall–Kier alpha value is -1.88. The van der Waals surface area contributed by atoms with Gasteiger partial charge in [0.2, 0.25) is 0 Å². The maximum absolute atomic E-state index is 10.6. The molecule has 1 atom stereocenters.